The van der Waals surface area contributed by atoms with Gasteiger partial charge in [-0.15, -0.1) is 0 Å². The number of hydrogen-bond donors (Lipinski definition) is 0. The van der Waals surface area contributed by atoms with Crippen LogP contribution in [0.2, 0.25) is 0 Å². The van der Waals surface area contributed by atoms with Gasteiger partial charge in [0.25, 0.3) is 0 Å². The first-order valence-electron chi connectivity index (χ1n) is 6.07. The average molecular weight is 237 g/mol. The van der Waals surface area contributed by atoms with Crippen LogP contribution >= 0.6 is 0 Å². The van der Waals surface area contributed by atoms with Gasteiger partial charge in [-0.3, -0.25) is 4.90 Å². The fourth-order valence-electron chi connectivity index (χ4n) is 2.40. The molecule has 2 heterocycles. The van der Waals surface area contributed by atoms with Gasteiger partial charge in [0.1, 0.15) is 0 Å². The van der Waals surface area contributed by atoms with Crippen molar-refractivity contribution in [1.82, 2.24) is 4.90 Å². The molecule has 1 aliphatic rings. The standard InChI is InChI=1S/C13H19NO3/c1-10-4-3-6-14(8-10)9-11-5-7-17-12(11)13(15)16-2/h5,7,10H,3-4,6,8-9H2,1-2H3/t10-/m1/s1. The lowest BCUT2D eigenvalue weighted by Gasteiger charge is -2.30. The highest BCUT2D eigenvalue weighted by atomic mass is 16.5. The van der Waals surface area contributed by atoms with Crippen molar-refractivity contribution in [2.75, 3.05) is 20.2 Å². The van der Waals surface area contributed by atoms with Crippen LogP contribution in [0.15, 0.2) is 16.7 Å². The van der Waals surface area contributed by atoms with E-state index in [1.807, 2.05) is 6.07 Å². The molecule has 0 unspecified atom stereocenters. The minimum Gasteiger partial charge on any atom is -0.463 e. The first kappa shape index (κ1) is 12.2. The molecule has 0 bridgehead atoms. The summed E-state index contributed by atoms with van der Waals surface area (Å²) < 4.78 is 9.88. The van der Waals surface area contributed by atoms with Gasteiger partial charge < -0.3 is 9.15 Å². The van der Waals surface area contributed by atoms with E-state index in [2.05, 4.69) is 11.8 Å². The van der Waals surface area contributed by atoms with Crippen molar-refractivity contribution in [1.29, 1.82) is 0 Å². The summed E-state index contributed by atoms with van der Waals surface area (Å²) in [5.74, 6) is 0.679. The summed E-state index contributed by atoms with van der Waals surface area (Å²) in [5, 5.41) is 0. The molecule has 0 amide bonds. The Bertz CT molecular complexity index is 386. The number of carbonyl (C=O) groups is 1. The van der Waals surface area contributed by atoms with Crippen LogP contribution in [0.1, 0.15) is 35.9 Å². The van der Waals surface area contributed by atoms with Gasteiger partial charge in [0, 0.05) is 18.7 Å². The number of hydrogen-bond acceptors (Lipinski definition) is 4. The second-order valence-electron chi connectivity index (χ2n) is 4.75. The molecule has 17 heavy (non-hydrogen) atoms. The number of rotatable bonds is 3. The maximum atomic E-state index is 11.5. The molecule has 1 aliphatic heterocycles. The molecule has 1 saturated heterocycles. The Morgan fingerprint density at radius 2 is 2.47 bits per heavy atom. The van der Waals surface area contributed by atoms with Gasteiger partial charge in [0.2, 0.25) is 5.76 Å². The average Bonchev–Trinajstić information content (AvgIpc) is 2.76. The lowest BCUT2D eigenvalue weighted by molar-refractivity contribution is 0.0561. The summed E-state index contributed by atoms with van der Waals surface area (Å²) in [6.07, 6.45) is 4.08. The van der Waals surface area contributed by atoms with Crippen LogP contribution in [0.4, 0.5) is 0 Å². The number of piperidine rings is 1. The molecule has 1 aromatic heterocycles. The highest BCUT2D eigenvalue weighted by Crippen LogP contribution is 2.20. The lowest BCUT2D eigenvalue weighted by Crippen LogP contribution is -2.34. The van der Waals surface area contributed by atoms with Gasteiger partial charge in [0.15, 0.2) is 0 Å². The molecule has 0 radical (unpaired) electrons. The number of ether oxygens (including phenoxy) is 1. The number of esters is 1. The Kier molecular flexibility index (Phi) is 3.84. The molecular formula is C13H19NO3. The number of methoxy groups -OCH3 is 1. The Morgan fingerprint density at radius 3 is 3.18 bits per heavy atom. The van der Waals surface area contributed by atoms with Gasteiger partial charge in [0.05, 0.1) is 13.4 Å². The molecule has 1 atom stereocenters. The molecule has 0 aliphatic carbocycles. The van der Waals surface area contributed by atoms with Crippen molar-refractivity contribution in [3.05, 3.63) is 23.7 Å². The number of carbonyl (C=O) groups excluding carboxylic acids is 1. The van der Waals surface area contributed by atoms with Crippen LogP contribution in [0.3, 0.4) is 0 Å². The highest BCUT2D eigenvalue weighted by molar-refractivity contribution is 5.87. The monoisotopic (exact) mass is 237 g/mol. The van der Waals surface area contributed by atoms with E-state index in [9.17, 15) is 4.79 Å². The van der Waals surface area contributed by atoms with Crippen molar-refractivity contribution in [2.45, 2.75) is 26.3 Å². The van der Waals surface area contributed by atoms with Crippen molar-refractivity contribution >= 4 is 5.97 Å². The normalized spacial score (nSPS) is 21.4. The second kappa shape index (κ2) is 5.36. The third kappa shape index (κ3) is 2.88. The molecular weight excluding hydrogens is 218 g/mol. The third-order valence-electron chi connectivity index (χ3n) is 3.25. The maximum absolute atomic E-state index is 11.5. The number of furan rings is 1. The molecule has 0 N–H and O–H groups in total. The molecule has 4 heteroatoms. The summed E-state index contributed by atoms with van der Waals surface area (Å²) in [7, 11) is 1.37. The second-order valence-corrected chi connectivity index (χ2v) is 4.75. The van der Waals surface area contributed by atoms with Crippen LogP contribution in [0.25, 0.3) is 0 Å². The predicted molar refractivity (Wildman–Crippen MR) is 63.7 cm³/mol. The van der Waals surface area contributed by atoms with E-state index in [4.69, 9.17) is 9.15 Å². The van der Waals surface area contributed by atoms with Crippen molar-refractivity contribution in [3.8, 4) is 0 Å². The van der Waals surface area contributed by atoms with Crippen LogP contribution in [0.5, 0.6) is 0 Å². The van der Waals surface area contributed by atoms with Gasteiger partial charge in [-0.25, -0.2) is 4.79 Å². The van der Waals surface area contributed by atoms with E-state index < -0.39 is 5.97 Å². The molecule has 4 nitrogen and oxygen atoms in total. The predicted octanol–water partition coefficient (Wildman–Crippen LogP) is 2.30. The molecule has 0 saturated carbocycles. The molecule has 1 aromatic rings. The van der Waals surface area contributed by atoms with E-state index in [1.165, 1.54) is 20.0 Å². The summed E-state index contributed by atoms with van der Waals surface area (Å²) >= 11 is 0. The van der Waals surface area contributed by atoms with Crippen molar-refractivity contribution in [3.63, 3.8) is 0 Å². The molecule has 0 aromatic carbocycles. The summed E-state index contributed by atoms with van der Waals surface area (Å²) in [5.41, 5.74) is 0.922. The Hall–Kier alpha value is -1.29. The van der Waals surface area contributed by atoms with E-state index in [0.717, 1.165) is 31.1 Å². The molecule has 94 valence electrons. The fraction of sp³-hybridized carbons (Fsp3) is 0.615. The van der Waals surface area contributed by atoms with E-state index >= 15 is 0 Å². The van der Waals surface area contributed by atoms with Crippen molar-refractivity contribution < 1.29 is 13.9 Å². The van der Waals surface area contributed by atoms with Crippen LogP contribution in [-0.2, 0) is 11.3 Å². The van der Waals surface area contributed by atoms with Crippen molar-refractivity contribution in [2.24, 2.45) is 5.92 Å². The third-order valence-corrected chi connectivity index (χ3v) is 3.25. The first-order chi connectivity index (χ1) is 8.20. The fourth-order valence-corrected chi connectivity index (χ4v) is 2.40. The molecule has 1 fully saturated rings. The topological polar surface area (TPSA) is 42.7 Å². The Labute approximate surface area is 102 Å². The van der Waals surface area contributed by atoms with E-state index in [0.29, 0.717) is 5.76 Å². The minimum atomic E-state index is -0.393. The largest absolute Gasteiger partial charge is 0.463 e. The SMILES string of the molecule is COC(=O)c1occc1CN1CCC[C@@H](C)C1. The van der Waals surface area contributed by atoms with Gasteiger partial charge in [-0.05, 0) is 31.4 Å². The lowest BCUT2D eigenvalue weighted by atomic mass is 10.00. The van der Waals surface area contributed by atoms with E-state index in [-0.39, 0.29) is 0 Å². The zero-order chi connectivity index (χ0) is 12.3. The molecule has 0 spiro atoms. The Balaban J connectivity index is 2.03. The van der Waals surface area contributed by atoms with Crippen LogP contribution < -0.4 is 0 Å². The number of nitrogens with zero attached hydrogens (tertiary/aromatic N) is 1. The summed E-state index contributed by atoms with van der Waals surface area (Å²) in [6.45, 7) is 5.22. The van der Waals surface area contributed by atoms with Gasteiger partial charge in [-0.1, -0.05) is 6.92 Å². The zero-order valence-corrected chi connectivity index (χ0v) is 10.4. The molecule has 2 rings (SSSR count). The van der Waals surface area contributed by atoms with Gasteiger partial charge >= 0.3 is 5.97 Å². The van der Waals surface area contributed by atoms with Crippen LogP contribution in [-0.4, -0.2) is 31.1 Å². The van der Waals surface area contributed by atoms with Crippen LogP contribution in [0, 0.1) is 5.92 Å². The Morgan fingerprint density at radius 1 is 1.65 bits per heavy atom. The summed E-state index contributed by atoms with van der Waals surface area (Å²) in [4.78, 5) is 13.8. The highest BCUT2D eigenvalue weighted by Gasteiger charge is 2.21. The maximum Gasteiger partial charge on any atom is 0.374 e. The number of likely N-dealkylation sites (tertiary alicyclic amines) is 1. The van der Waals surface area contributed by atoms with E-state index in [1.54, 1.807) is 6.26 Å². The van der Waals surface area contributed by atoms with Gasteiger partial charge in [-0.2, -0.15) is 0 Å². The minimum absolute atomic E-state index is 0.339. The smallest absolute Gasteiger partial charge is 0.374 e. The quantitative estimate of drug-likeness (QED) is 0.756. The summed E-state index contributed by atoms with van der Waals surface area (Å²) in [6, 6.07) is 1.85. The first-order valence-corrected chi connectivity index (χ1v) is 6.07. The zero-order valence-electron chi connectivity index (χ0n) is 10.4.